The number of aromatic amines is 1. The Morgan fingerprint density at radius 1 is 0.842 bits per heavy atom. The third kappa shape index (κ3) is 5.72. The summed E-state index contributed by atoms with van der Waals surface area (Å²) >= 11 is 0. The molecule has 0 saturated carbocycles. The Kier molecular flexibility index (Phi) is 6.91. The van der Waals surface area contributed by atoms with Crippen molar-refractivity contribution in [2.45, 2.75) is 12.9 Å². The fraction of sp³-hybridized carbons (Fsp3) is 0.222. The van der Waals surface area contributed by atoms with Crippen molar-refractivity contribution in [2.24, 2.45) is 0 Å². The lowest BCUT2D eigenvalue weighted by molar-refractivity contribution is -0.274. The largest absolute Gasteiger partial charge is 0.573 e. The summed E-state index contributed by atoms with van der Waals surface area (Å²) < 4.78 is 40.8. The number of carbonyl (C=O) groups is 2. The summed E-state index contributed by atoms with van der Waals surface area (Å²) in [6, 6.07) is 20.0. The molecule has 4 aromatic rings. The Hall–Kier alpha value is -4.54. The van der Waals surface area contributed by atoms with Crippen LogP contribution < -0.4 is 10.1 Å². The lowest BCUT2D eigenvalue weighted by atomic mass is 10.1. The third-order valence-electron chi connectivity index (χ3n) is 6.32. The van der Waals surface area contributed by atoms with E-state index in [1.807, 2.05) is 36.4 Å². The highest BCUT2D eigenvalue weighted by molar-refractivity contribution is 5.96. The standard InChI is InChI=1S/C27H24F3N5O3/c28-27(29,30)38-21-11-9-20(10-12-21)26(37)35-15-13-34(14-16-35)25(36)19-7-5-18(6-8-19)17-31-24-22-3-1-2-4-23(22)32-33-24/h1-12H,13-17H2,(H2,31,32,33). The molecule has 8 nitrogen and oxygen atoms in total. The van der Waals surface area contributed by atoms with Crippen molar-refractivity contribution in [1.29, 1.82) is 0 Å². The maximum Gasteiger partial charge on any atom is 0.573 e. The van der Waals surface area contributed by atoms with Gasteiger partial charge in [-0.2, -0.15) is 5.10 Å². The first-order chi connectivity index (χ1) is 18.3. The van der Waals surface area contributed by atoms with Crippen LogP contribution in [0, 0.1) is 0 Å². The summed E-state index contributed by atoms with van der Waals surface area (Å²) in [6.07, 6.45) is -4.79. The van der Waals surface area contributed by atoms with Crippen molar-refractivity contribution in [3.8, 4) is 5.75 Å². The molecule has 1 fully saturated rings. The average Bonchev–Trinajstić information content (AvgIpc) is 3.34. The second-order valence-corrected chi connectivity index (χ2v) is 8.82. The molecule has 2 amide bonds. The van der Waals surface area contributed by atoms with Crippen molar-refractivity contribution in [3.63, 3.8) is 0 Å². The van der Waals surface area contributed by atoms with E-state index in [2.05, 4.69) is 20.3 Å². The molecule has 0 unspecified atom stereocenters. The predicted octanol–water partition coefficient (Wildman–Crippen LogP) is 4.67. The summed E-state index contributed by atoms with van der Waals surface area (Å²) in [5, 5.41) is 11.6. The fourth-order valence-corrected chi connectivity index (χ4v) is 4.33. The molecule has 2 heterocycles. The summed E-state index contributed by atoms with van der Waals surface area (Å²) in [6.45, 7) is 1.91. The van der Waals surface area contributed by atoms with Gasteiger partial charge in [-0.25, -0.2) is 0 Å². The van der Waals surface area contributed by atoms with E-state index in [0.717, 1.165) is 34.4 Å². The van der Waals surface area contributed by atoms with Crippen molar-refractivity contribution in [1.82, 2.24) is 20.0 Å². The van der Waals surface area contributed by atoms with Crippen LogP contribution in [0.4, 0.5) is 19.0 Å². The number of halogens is 3. The number of aromatic nitrogens is 2. The maximum absolute atomic E-state index is 13.0. The van der Waals surface area contributed by atoms with Crippen LogP contribution in [0.15, 0.2) is 72.8 Å². The van der Waals surface area contributed by atoms with Gasteiger partial charge in [0.25, 0.3) is 11.8 Å². The Morgan fingerprint density at radius 2 is 1.39 bits per heavy atom. The predicted molar refractivity (Wildman–Crippen MR) is 135 cm³/mol. The Labute approximate surface area is 216 Å². The van der Waals surface area contributed by atoms with Gasteiger partial charge in [0.2, 0.25) is 0 Å². The molecule has 1 saturated heterocycles. The second-order valence-electron chi connectivity index (χ2n) is 8.82. The number of para-hydroxylation sites is 1. The maximum atomic E-state index is 13.0. The Balaban J connectivity index is 1.12. The molecule has 0 bridgehead atoms. The number of hydrogen-bond donors (Lipinski definition) is 2. The van der Waals surface area contributed by atoms with Crippen molar-refractivity contribution in [2.75, 3.05) is 31.5 Å². The highest BCUT2D eigenvalue weighted by Crippen LogP contribution is 2.24. The number of H-pyrrole nitrogens is 1. The van der Waals surface area contributed by atoms with E-state index in [9.17, 15) is 22.8 Å². The molecule has 1 aromatic heterocycles. The number of amides is 2. The summed E-state index contributed by atoms with van der Waals surface area (Å²) in [5.74, 6) is -0.0552. The smallest absolute Gasteiger partial charge is 0.406 e. The molecular formula is C27H24F3N5O3. The minimum absolute atomic E-state index is 0.122. The molecule has 11 heteroatoms. The van der Waals surface area contributed by atoms with Gasteiger partial charge < -0.3 is 19.9 Å². The van der Waals surface area contributed by atoms with Gasteiger partial charge >= 0.3 is 6.36 Å². The first-order valence-electron chi connectivity index (χ1n) is 12.0. The molecule has 0 spiro atoms. The van der Waals surface area contributed by atoms with E-state index >= 15 is 0 Å². The fourth-order valence-electron chi connectivity index (χ4n) is 4.33. The van der Waals surface area contributed by atoms with Crippen LogP contribution >= 0.6 is 0 Å². The van der Waals surface area contributed by atoms with Crippen LogP contribution in [0.25, 0.3) is 10.9 Å². The normalized spacial score (nSPS) is 14.0. The van der Waals surface area contributed by atoms with Crippen LogP contribution in [0.2, 0.25) is 0 Å². The van der Waals surface area contributed by atoms with E-state index in [1.54, 1.807) is 21.9 Å². The molecule has 0 atom stereocenters. The molecule has 1 aliphatic heterocycles. The van der Waals surface area contributed by atoms with E-state index in [0.29, 0.717) is 38.3 Å². The number of nitrogens with zero attached hydrogens (tertiary/aromatic N) is 3. The van der Waals surface area contributed by atoms with Gasteiger partial charge in [0.15, 0.2) is 5.82 Å². The van der Waals surface area contributed by atoms with Gasteiger partial charge in [-0.1, -0.05) is 24.3 Å². The van der Waals surface area contributed by atoms with Crippen LogP contribution in [0.5, 0.6) is 5.75 Å². The minimum atomic E-state index is -4.79. The summed E-state index contributed by atoms with van der Waals surface area (Å²) in [5.41, 5.74) is 2.76. The van der Waals surface area contributed by atoms with Gasteiger partial charge in [-0.05, 0) is 54.1 Å². The number of ether oxygens (including phenoxy) is 1. The first-order valence-corrected chi connectivity index (χ1v) is 12.0. The van der Waals surface area contributed by atoms with Gasteiger partial charge in [0.1, 0.15) is 5.75 Å². The van der Waals surface area contributed by atoms with Crippen molar-refractivity contribution in [3.05, 3.63) is 89.5 Å². The highest BCUT2D eigenvalue weighted by Gasteiger charge is 2.31. The van der Waals surface area contributed by atoms with Crippen LogP contribution in [-0.2, 0) is 6.54 Å². The molecule has 2 N–H and O–H groups in total. The zero-order valence-electron chi connectivity index (χ0n) is 20.2. The monoisotopic (exact) mass is 523 g/mol. The van der Waals surface area contributed by atoms with Gasteiger partial charge in [0.05, 0.1) is 5.52 Å². The number of carbonyl (C=O) groups excluding carboxylic acids is 2. The SMILES string of the molecule is O=C(c1ccc(CNc2n[nH]c3ccccc23)cc1)N1CCN(C(=O)c2ccc(OC(F)(F)F)cc2)CC1. The number of anilines is 1. The lowest BCUT2D eigenvalue weighted by Gasteiger charge is -2.35. The molecular weight excluding hydrogens is 499 g/mol. The van der Waals surface area contributed by atoms with Crippen molar-refractivity contribution >= 4 is 28.5 Å². The molecule has 5 rings (SSSR count). The number of nitrogens with one attached hydrogen (secondary N) is 2. The molecule has 38 heavy (non-hydrogen) atoms. The molecule has 0 radical (unpaired) electrons. The zero-order chi connectivity index (χ0) is 26.7. The van der Waals surface area contributed by atoms with Gasteiger partial charge in [-0.15, -0.1) is 13.2 Å². The summed E-state index contributed by atoms with van der Waals surface area (Å²) in [4.78, 5) is 29.0. The number of hydrogen-bond acceptors (Lipinski definition) is 5. The quantitative estimate of drug-likeness (QED) is 0.383. The number of alkyl halides is 3. The van der Waals surface area contributed by atoms with E-state index < -0.39 is 6.36 Å². The Bertz CT molecular complexity index is 1430. The van der Waals surface area contributed by atoms with E-state index in [1.165, 1.54) is 12.1 Å². The zero-order valence-corrected chi connectivity index (χ0v) is 20.2. The van der Waals surface area contributed by atoms with Crippen molar-refractivity contribution < 1.29 is 27.5 Å². The van der Waals surface area contributed by atoms with E-state index in [-0.39, 0.29) is 23.1 Å². The van der Waals surface area contributed by atoms with E-state index in [4.69, 9.17) is 0 Å². The van der Waals surface area contributed by atoms with Crippen LogP contribution in [0.1, 0.15) is 26.3 Å². The topological polar surface area (TPSA) is 90.6 Å². The molecule has 0 aliphatic carbocycles. The Morgan fingerprint density at radius 3 is 1.97 bits per heavy atom. The minimum Gasteiger partial charge on any atom is -0.406 e. The molecule has 196 valence electrons. The third-order valence-corrected chi connectivity index (χ3v) is 6.32. The number of rotatable bonds is 6. The number of piperazine rings is 1. The van der Waals surface area contributed by atoms with Gasteiger partial charge in [0, 0.05) is 49.2 Å². The second kappa shape index (κ2) is 10.4. The number of fused-ring (bicyclic) bond motifs is 1. The highest BCUT2D eigenvalue weighted by atomic mass is 19.4. The van der Waals surface area contributed by atoms with Crippen LogP contribution in [-0.4, -0.2) is 64.4 Å². The van der Waals surface area contributed by atoms with Gasteiger partial charge in [-0.3, -0.25) is 14.7 Å². The number of benzene rings is 3. The van der Waals surface area contributed by atoms with Crippen LogP contribution in [0.3, 0.4) is 0 Å². The first kappa shape index (κ1) is 25.1. The average molecular weight is 524 g/mol. The lowest BCUT2D eigenvalue weighted by Crippen LogP contribution is -2.50. The summed E-state index contributed by atoms with van der Waals surface area (Å²) in [7, 11) is 0. The molecule has 1 aliphatic rings. The molecule has 3 aromatic carbocycles.